The number of aromatic nitrogens is 2. The first kappa shape index (κ1) is 13.1. The fraction of sp³-hybridized carbons (Fsp3) is 0. The van der Waals surface area contributed by atoms with Crippen molar-refractivity contribution in [1.82, 2.24) is 9.97 Å². The minimum atomic E-state index is -0.544. The van der Waals surface area contributed by atoms with Crippen LogP contribution >= 0.6 is 0 Å². The summed E-state index contributed by atoms with van der Waals surface area (Å²) in [4.78, 5) is 19.2. The third-order valence-corrected chi connectivity index (χ3v) is 3.01. The van der Waals surface area contributed by atoms with Gasteiger partial charge in [0.1, 0.15) is 11.6 Å². The highest BCUT2D eigenvalue weighted by Crippen LogP contribution is 2.20. The molecule has 0 radical (unpaired) electrons. The van der Waals surface area contributed by atoms with E-state index < -0.39 is 11.7 Å². The number of anilines is 1. The fourth-order valence-corrected chi connectivity index (χ4v) is 2.01. The molecule has 0 saturated heterocycles. The Morgan fingerprint density at radius 2 is 2.00 bits per heavy atom. The summed E-state index contributed by atoms with van der Waals surface area (Å²) in [6, 6.07) is 13.1. The minimum Gasteiger partial charge on any atom is -0.345 e. The standard InChI is InChI=1S/C16H12FN3O/c17-14-7-2-1-6-13(14)16(21)20-12-5-3-4-11(10-12)15-18-8-9-19-15/h1-10H,(H,18,19)(H,20,21). The lowest BCUT2D eigenvalue weighted by Crippen LogP contribution is -2.13. The van der Waals surface area contributed by atoms with E-state index in [0.29, 0.717) is 11.5 Å². The Balaban J connectivity index is 1.84. The molecule has 0 unspecified atom stereocenters. The highest BCUT2D eigenvalue weighted by molar-refractivity contribution is 6.04. The van der Waals surface area contributed by atoms with Gasteiger partial charge in [-0.2, -0.15) is 0 Å². The van der Waals surface area contributed by atoms with Gasteiger partial charge in [-0.15, -0.1) is 0 Å². The topological polar surface area (TPSA) is 57.8 Å². The average molecular weight is 281 g/mol. The number of amides is 1. The highest BCUT2D eigenvalue weighted by atomic mass is 19.1. The van der Waals surface area contributed by atoms with Gasteiger partial charge in [-0.05, 0) is 24.3 Å². The molecule has 4 nitrogen and oxygen atoms in total. The Bertz CT molecular complexity index is 769. The van der Waals surface area contributed by atoms with Crippen molar-refractivity contribution in [3.8, 4) is 11.4 Å². The number of imidazole rings is 1. The van der Waals surface area contributed by atoms with E-state index in [1.807, 2.05) is 6.07 Å². The maximum Gasteiger partial charge on any atom is 0.258 e. The molecule has 5 heteroatoms. The molecule has 0 fully saturated rings. The van der Waals surface area contributed by atoms with Gasteiger partial charge >= 0.3 is 0 Å². The van der Waals surface area contributed by atoms with Crippen LogP contribution in [0.15, 0.2) is 60.9 Å². The maximum absolute atomic E-state index is 13.6. The Morgan fingerprint density at radius 3 is 2.76 bits per heavy atom. The van der Waals surface area contributed by atoms with Crippen molar-refractivity contribution in [2.75, 3.05) is 5.32 Å². The van der Waals surface area contributed by atoms with E-state index in [1.54, 1.807) is 42.7 Å². The number of nitrogens with one attached hydrogen (secondary N) is 2. The van der Waals surface area contributed by atoms with Gasteiger partial charge in [0.2, 0.25) is 0 Å². The van der Waals surface area contributed by atoms with Crippen molar-refractivity contribution < 1.29 is 9.18 Å². The van der Waals surface area contributed by atoms with Crippen molar-refractivity contribution in [2.45, 2.75) is 0 Å². The molecule has 3 aromatic rings. The summed E-state index contributed by atoms with van der Waals surface area (Å²) in [7, 11) is 0. The number of halogens is 1. The maximum atomic E-state index is 13.6. The summed E-state index contributed by atoms with van der Waals surface area (Å²) in [5.41, 5.74) is 1.43. The van der Waals surface area contributed by atoms with E-state index in [4.69, 9.17) is 0 Å². The van der Waals surface area contributed by atoms with Crippen LogP contribution in [-0.2, 0) is 0 Å². The first-order valence-corrected chi connectivity index (χ1v) is 6.40. The Morgan fingerprint density at radius 1 is 1.14 bits per heavy atom. The molecule has 0 spiro atoms. The molecule has 3 rings (SSSR count). The van der Waals surface area contributed by atoms with Crippen molar-refractivity contribution in [2.24, 2.45) is 0 Å². The largest absolute Gasteiger partial charge is 0.345 e. The molecule has 104 valence electrons. The average Bonchev–Trinajstić information content (AvgIpc) is 3.02. The minimum absolute atomic E-state index is 0.0147. The number of benzene rings is 2. The molecule has 2 N–H and O–H groups in total. The van der Waals surface area contributed by atoms with E-state index in [1.165, 1.54) is 12.1 Å². The summed E-state index contributed by atoms with van der Waals surface area (Å²) in [6.07, 6.45) is 3.37. The van der Waals surface area contributed by atoms with Crippen molar-refractivity contribution in [3.05, 3.63) is 72.3 Å². The second-order valence-corrected chi connectivity index (χ2v) is 4.45. The van der Waals surface area contributed by atoms with Crippen LogP contribution in [0.3, 0.4) is 0 Å². The zero-order chi connectivity index (χ0) is 14.7. The lowest BCUT2D eigenvalue weighted by Gasteiger charge is -2.07. The summed E-state index contributed by atoms with van der Waals surface area (Å²) in [6.45, 7) is 0. The van der Waals surface area contributed by atoms with Gasteiger partial charge in [0.15, 0.2) is 0 Å². The van der Waals surface area contributed by atoms with Crippen molar-refractivity contribution in [3.63, 3.8) is 0 Å². The smallest absolute Gasteiger partial charge is 0.258 e. The zero-order valence-corrected chi connectivity index (χ0v) is 11.0. The second-order valence-electron chi connectivity index (χ2n) is 4.45. The van der Waals surface area contributed by atoms with Crippen LogP contribution in [0, 0.1) is 5.82 Å². The first-order valence-electron chi connectivity index (χ1n) is 6.40. The van der Waals surface area contributed by atoms with E-state index in [2.05, 4.69) is 15.3 Å². The number of hydrogen-bond acceptors (Lipinski definition) is 2. The van der Waals surface area contributed by atoms with Crippen molar-refractivity contribution >= 4 is 11.6 Å². The molecule has 0 atom stereocenters. The number of aromatic amines is 1. The van der Waals surface area contributed by atoms with E-state index in [0.717, 1.165) is 5.56 Å². The molecule has 0 aliphatic heterocycles. The van der Waals surface area contributed by atoms with Crippen LogP contribution in [-0.4, -0.2) is 15.9 Å². The molecule has 21 heavy (non-hydrogen) atoms. The third kappa shape index (κ3) is 2.81. The predicted octanol–water partition coefficient (Wildman–Crippen LogP) is 3.47. The lowest BCUT2D eigenvalue weighted by atomic mass is 10.1. The molecular formula is C16H12FN3O. The number of rotatable bonds is 3. The van der Waals surface area contributed by atoms with Gasteiger partial charge in [-0.1, -0.05) is 24.3 Å². The summed E-state index contributed by atoms with van der Waals surface area (Å²) >= 11 is 0. The van der Waals surface area contributed by atoms with E-state index in [9.17, 15) is 9.18 Å². The van der Waals surface area contributed by atoms with Crippen LogP contribution in [0.1, 0.15) is 10.4 Å². The van der Waals surface area contributed by atoms with Gasteiger partial charge in [-0.25, -0.2) is 9.37 Å². The number of hydrogen-bond donors (Lipinski definition) is 2. The number of nitrogens with zero attached hydrogens (tertiary/aromatic N) is 1. The van der Waals surface area contributed by atoms with Gasteiger partial charge in [-0.3, -0.25) is 4.79 Å². The molecular weight excluding hydrogens is 269 g/mol. The Labute approximate surface area is 120 Å². The first-order chi connectivity index (χ1) is 10.2. The molecule has 0 aliphatic rings. The summed E-state index contributed by atoms with van der Waals surface area (Å²) in [5.74, 6) is -0.320. The summed E-state index contributed by atoms with van der Waals surface area (Å²) < 4.78 is 13.6. The predicted molar refractivity (Wildman–Crippen MR) is 78.4 cm³/mol. The number of carbonyl (C=O) groups excluding carboxylic acids is 1. The van der Waals surface area contributed by atoms with Gasteiger partial charge in [0.25, 0.3) is 5.91 Å². The Hall–Kier alpha value is -2.95. The van der Waals surface area contributed by atoms with Gasteiger partial charge in [0, 0.05) is 23.6 Å². The van der Waals surface area contributed by atoms with Crippen LogP contribution in [0.25, 0.3) is 11.4 Å². The van der Waals surface area contributed by atoms with E-state index >= 15 is 0 Å². The van der Waals surface area contributed by atoms with E-state index in [-0.39, 0.29) is 5.56 Å². The normalized spacial score (nSPS) is 10.3. The molecule has 2 aromatic carbocycles. The fourth-order valence-electron chi connectivity index (χ4n) is 2.01. The second kappa shape index (κ2) is 5.58. The molecule has 0 aliphatic carbocycles. The number of H-pyrrole nitrogens is 1. The molecule has 0 saturated carbocycles. The van der Waals surface area contributed by atoms with Gasteiger partial charge < -0.3 is 10.3 Å². The van der Waals surface area contributed by atoms with Crippen LogP contribution in [0.4, 0.5) is 10.1 Å². The van der Waals surface area contributed by atoms with Crippen LogP contribution in [0.2, 0.25) is 0 Å². The quantitative estimate of drug-likeness (QED) is 0.772. The molecule has 1 heterocycles. The zero-order valence-electron chi connectivity index (χ0n) is 11.0. The van der Waals surface area contributed by atoms with Crippen LogP contribution in [0.5, 0.6) is 0 Å². The Kier molecular flexibility index (Phi) is 3.47. The lowest BCUT2D eigenvalue weighted by molar-refractivity contribution is 0.102. The molecule has 1 amide bonds. The van der Waals surface area contributed by atoms with Crippen molar-refractivity contribution in [1.29, 1.82) is 0 Å². The monoisotopic (exact) mass is 281 g/mol. The SMILES string of the molecule is O=C(Nc1cccc(-c2ncc[nH]2)c1)c1ccccc1F. The molecule has 1 aromatic heterocycles. The van der Waals surface area contributed by atoms with Gasteiger partial charge in [0.05, 0.1) is 5.56 Å². The van der Waals surface area contributed by atoms with Crippen LogP contribution < -0.4 is 5.32 Å². The third-order valence-electron chi connectivity index (χ3n) is 3.01. The summed E-state index contributed by atoms with van der Waals surface area (Å²) in [5, 5.41) is 2.68. The molecule has 0 bridgehead atoms. The highest BCUT2D eigenvalue weighted by Gasteiger charge is 2.11. The number of carbonyl (C=O) groups is 1.